The van der Waals surface area contributed by atoms with Gasteiger partial charge in [-0.15, -0.1) is 0 Å². The van der Waals surface area contributed by atoms with Gasteiger partial charge in [0, 0.05) is 24.8 Å². The Morgan fingerprint density at radius 3 is 2.38 bits per heavy atom. The van der Waals surface area contributed by atoms with Crippen molar-refractivity contribution in [1.82, 2.24) is 4.90 Å². The van der Waals surface area contributed by atoms with E-state index in [9.17, 15) is 9.59 Å². The van der Waals surface area contributed by atoms with Gasteiger partial charge in [0.2, 0.25) is 0 Å². The van der Waals surface area contributed by atoms with Crippen LogP contribution in [0.1, 0.15) is 36.0 Å². The van der Waals surface area contributed by atoms with Gasteiger partial charge in [-0.3, -0.25) is 9.59 Å². The van der Waals surface area contributed by atoms with Gasteiger partial charge in [-0.2, -0.15) is 0 Å². The molecule has 1 aliphatic carbocycles. The van der Waals surface area contributed by atoms with Gasteiger partial charge >= 0.3 is 5.97 Å². The minimum atomic E-state index is -1.00. The van der Waals surface area contributed by atoms with Crippen LogP contribution in [-0.4, -0.2) is 54.3 Å². The van der Waals surface area contributed by atoms with Crippen LogP contribution in [0.25, 0.3) is 0 Å². The van der Waals surface area contributed by atoms with Crippen molar-refractivity contribution in [3.05, 3.63) is 29.8 Å². The van der Waals surface area contributed by atoms with Crippen LogP contribution in [0.15, 0.2) is 24.3 Å². The predicted octanol–water partition coefficient (Wildman–Crippen LogP) is 2.18. The van der Waals surface area contributed by atoms with E-state index in [1.54, 1.807) is 24.3 Å². The smallest absolute Gasteiger partial charge is 0.323 e. The summed E-state index contributed by atoms with van der Waals surface area (Å²) in [6.45, 7) is 1.55. The highest BCUT2D eigenvalue weighted by Crippen LogP contribution is 2.29. The first-order valence-electron chi connectivity index (χ1n) is 8.47. The maximum Gasteiger partial charge on any atom is 0.323 e. The number of rotatable bonds is 7. The molecule has 24 heavy (non-hydrogen) atoms. The van der Waals surface area contributed by atoms with E-state index in [0.717, 1.165) is 12.4 Å². The molecule has 1 aromatic carbocycles. The van der Waals surface area contributed by atoms with Crippen LogP contribution in [-0.2, 0) is 9.53 Å². The number of nitrogens with zero attached hydrogens (tertiary/aromatic N) is 1. The first kappa shape index (κ1) is 16.8. The molecule has 1 saturated carbocycles. The van der Waals surface area contributed by atoms with Gasteiger partial charge in [0.1, 0.15) is 12.3 Å². The van der Waals surface area contributed by atoms with Crippen LogP contribution in [0.4, 0.5) is 0 Å². The lowest BCUT2D eigenvalue weighted by molar-refractivity contribution is -0.138. The number of hydrogen-bond acceptors (Lipinski definition) is 4. The van der Waals surface area contributed by atoms with Crippen LogP contribution in [0, 0.1) is 5.92 Å². The van der Waals surface area contributed by atoms with E-state index in [1.165, 1.54) is 17.7 Å². The molecular weight excluding hydrogens is 310 g/mol. The summed E-state index contributed by atoms with van der Waals surface area (Å²) in [5.74, 6) is 0.164. The second kappa shape index (κ2) is 7.66. The molecule has 1 saturated heterocycles. The molecule has 2 aliphatic rings. The second-order valence-electron chi connectivity index (χ2n) is 6.45. The Bertz CT molecular complexity index is 576. The minimum Gasteiger partial charge on any atom is -0.493 e. The Balaban J connectivity index is 1.66. The van der Waals surface area contributed by atoms with E-state index in [-0.39, 0.29) is 18.5 Å². The van der Waals surface area contributed by atoms with Crippen molar-refractivity contribution in [2.24, 2.45) is 5.92 Å². The predicted molar refractivity (Wildman–Crippen MR) is 87.2 cm³/mol. The highest BCUT2D eigenvalue weighted by Gasteiger charge is 2.28. The van der Waals surface area contributed by atoms with E-state index in [2.05, 4.69) is 0 Å². The third-order valence-corrected chi connectivity index (χ3v) is 4.48. The molecule has 1 amide bonds. The zero-order chi connectivity index (χ0) is 16.9. The Hall–Kier alpha value is -2.08. The fraction of sp³-hybridized carbons (Fsp3) is 0.556. The third kappa shape index (κ3) is 4.47. The number of carboxylic acids is 1. The highest BCUT2D eigenvalue weighted by atomic mass is 16.5. The van der Waals surface area contributed by atoms with Crippen LogP contribution in [0.5, 0.6) is 5.75 Å². The molecule has 0 radical (unpaired) electrons. The first-order valence-corrected chi connectivity index (χ1v) is 8.47. The van der Waals surface area contributed by atoms with E-state index < -0.39 is 5.97 Å². The number of benzene rings is 1. The number of aliphatic carboxylic acids is 1. The zero-order valence-electron chi connectivity index (χ0n) is 13.6. The standard InChI is InChI=1S/C18H23NO5/c20-17(21)11-19(15-7-9-23-10-8-15)18(22)14-3-5-16(6-4-14)24-12-13-1-2-13/h3-6,13,15H,1-2,7-12H2,(H,20,21). The number of carbonyl (C=O) groups is 2. The topological polar surface area (TPSA) is 76.1 Å². The third-order valence-electron chi connectivity index (χ3n) is 4.48. The molecule has 0 unspecified atom stereocenters. The van der Waals surface area contributed by atoms with Gasteiger partial charge in [-0.25, -0.2) is 0 Å². The van der Waals surface area contributed by atoms with Crippen LogP contribution >= 0.6 is 0 Å². The van der Waals surface area contributed by atoms with E-state index in [0.29, 0.717) is 37.5 Å². The van der Waals surface area contributed by atoms with E-state index in [1.807, 2.05) is 0 Å². The molecule has 1 aromatic rings. The molecule has 6 nitrogen and oxygen atoms in total. The van der Waals surface area contributed by atoms with Crippen molar-refractivity contribution in [1.29, 1.82) is 0 Å². The Kier molecular flexibility index (Phi) is 5.35. The van der Waals surface area contributed by atoms with Crippen molar-refractivity contribution in [2.75, 3.05) is 26.4 Å². The van der Waals surface area contributed by atoms with Crippen molar-refractivity contribution in [3.8, 4) is 5.75 Å². The Morgan fingerprint density at radius 1 is 1.12 bits per heavy atom. The van der Waals surface area contributed by atoms with Crippen LogP contribution in [0.3, 0.4) is 0 Å². The molecule has 1 heterocycles. The Labute approximate surface area is 141 Å². The monoisotopic (exact) mass is 333 g/mol. The van der Waals surface area contributed by atoms with Gasteiger partial charge in [-0.05, 0) is 55.9 Å². The average Bonchev–Trinajstić information content (AvgIpc) is 3.43. The first-order chi connectivity index (χ1) is 11.6. The summed E-state index contributed by atoms with van der Waals surface area (Å²) >= 11 is 0. The van der Waals surface area contributed by atoms with Crippen LogP contribution in [0.2, 0.25) is 0 Å². The molecule has 3 rings (SSSR count). The molecule has 2 fully saturated rings. The lowest BCUT2D eigenvalue weighted by Crippen LogP contribution is -2.46. The number of carbonyl (C=O) groups excluding carboxylic acids is 1. The number of hydrogen-bond donors (Lipinski definition) is 1. The number of carboxylic acid groups (broad SMARTS) is 1. The highest BCUT2D eigenvalue weighted by molar-refractivity contribution is 5.96. The largest absolute Gasteiger partial charge is 0.493 e. The fourth-order valence-electron chi connectivity index (χ4n) is 2.87. The molecular formula is C18H23NO5. The van der Waals surface area contributed by atoms with Crippen molar-refractivity contribution < 1.29 is 24.2 Å². The number of amides is 1. The summed E-state index contributed by atoms with van der Waals surface area (Å²) in [4.78, 5) is 25.3. The molecule has 0 aromatic heterocycles. The second-order valence-corrected chi connectivity index (χ2v) is 6.45. The van der Waals surface area contributed by atoms with Crippen molar-refractivity contribution in [2.45, 2.75) is 31.7 Å². The lowest BCUT2D eigenvalue weighted by atomic mass is 10.1. The number of ether oxygens (including phenoxy) is 2. The Morgan fingerprint density at radius 2 is 1.79 bits per heavy atom. The summed E-state index contributed by atoms with van der Waals surface area (Å²) in [5.41, 5.74) is 0.488. The van der Waals surface area contributed by atoms with E-state index in [4.69, 9.17) is 14.6 Å². The van der Waals surface area contributed by atoms with Gasteiger partial charge in [0.25, 0.3) is 5.91 Å². The molecule has 6 heteroatoms. The lowest BCUT2D eigenvalue weighted by Gasteiger charge is -2.33. The fourth-order valence-corrected chi connectivity index (χ4v) is 2.87. The quantitative estimate of drug-likeness (QED) is 0.828. The maximum absolute atomic E-state index is 12.7. The van der Waals surface area contributed by atoms with Gasteiger partial charge in [0.05, 0.1) is 6.61 Å². The zero-order valence-corrected chi connectivity index (χ0v) is 13.6. The van der Waals surface area contributed by atoms with Crippen molar-refractivity contribution >= 4 is 11.9 Å². The summed E-state index contributed by atoms with van der Waals surface area (Å²) in [5, 5.41) is 9.14. The molecule has 130 valence electrons. The maximum atomic E-state index is 12.7. The van der Waals surface area contributed by atoms with E-state index >= 15 is 0 Å². The minimum absolute atomic E-state index is 0.0897. The normalized spacial score (nSPS) is 18.2. The van der Waals surface area contributed by atoms with Gasteiger partial charge in [0.15, 0.2) is 0 Å². The summed E-state index contributed by atoms with van der Waals surface area (Å²) in [6, 6.07) is 6.88. The van der Waals surface area contributed by atoms with Gasteiger partial charge in [-0.1, -0.05) is 0 Å². The molecule has 1 aliphatic heterocycles. The summed E-state index contributed by atoms with van der Waals surface area (Å²) in [7, 11) is 0. The molecule has 0 atom stereocenters. The molecule has 1 N–H and O–H groups in total. The average molecular weight is 333 g/mol. The summed E-state index contributed by atoms with van der Waals surface area (Å²) < 4.78 is 11.0. The summed E-state index contributed by atoms with van der Waals surface area (Å²) in [6.07, 6.45) is 3.79. The molecule has 0 spiro atoms. The SMILES string of the molecule is O=C(O)CN(C(=O)c1ccc(OCC2CC2)cc1)C1CCOCC1. The van der Waals surface area contributed by atoms with Crippen LogP contribution < -0.4 is 4.74 Å². The van der Waals surface area contributed by atoms with Gasteiger partial charge < -0.3 is 19.5 Å². The van der Waals surface area contributed by atoms with Crippen molar-refractivity contribution in [3.63, 3.8) is 0 Å². The molecule has 0 bridgehead atoms.